The van der Waals surface area contributed by atoms with Crippen molar-refractivity contribution in [2.45, 2.75) is 51.6 Å². The highest BCUT2D eigenvalue weighted by atomic mass is 19.3. The van der Waals surface area contributed by atoms with Gasteiger partial charge in [0.25, 0.3) is 0 Å². The second-order valence-corrected chi connectivity index (χ2v) is 5.12. The van der Waals surface area contributed by atoms with E-state index in [4.69, 9.17) is 4.74 Å². The maximum Gasteiger partial charge on any atom is 0.374 e. The zero-order chi connectivity index (χ0) is 15.7. The molecule has 1 rings (SSSR count). The first-order valence-corrected chi connectivity index (χ1v) is 7.00. The van der Waals surface area contributed by atoms with Crippen LogP contribution in [0.5, 0.6) is 0 Å². The van der Waals surface area contributed by atoms with E-state index in [1.165, 1.54) is 0 Å². The Balaban J connectivity index is 2.15. The van der Waals surface area contributed by atoms with Crippen LogP contribution in [0.25, 0.3) is 0 Å². The molecule has 5 heteroatoms. The standard InChI is InChI=1S/C16H20F2O3/c1-16(17,18)11-7-3-6-10-14(19)15(20)21-12-13-8-4-2-5-9-13/h2,4-5,8-9H,3,6-7,10-12H2,1H3. The number of unbranched alkanes of at least 4 members (excludes halogenated alkanes) is 2. The van der Waals surface area contributed by atoms with Crippen LogP contribution in [0.15, 0.2) is 30.3 Å². The van der Waals surface area contributed by atoms with E-state index in [2.05, 4.69) is 0 Å². The summed E-state index contributed by atoms with van der Waals surface area (Å²) in [6, 6.07) is 9.06. The number of hydrogen-bond donors (Lipinski definition) is 0. The zero-order valence-electron chi connectivity index (χ0n) is 12.1. The molecule has 0 spiro atoms. The summed E-state index contributed by atoms with van der Waals surface area (Å²) in [6.45, 7) is 0.937. The Kier molecular flexibility index (Phi) is 6.99. The quantitative estimate of drug-likeness (QED) is 0.394. The maximum absolute atomic E-state index is 12.6. The van der Waals surface area contributed by atoms with Crippen LogP contribution in [0.4, 0.5) is 8.78 Å². The first kappa shape index (κ1) is 17.3. The van der Waals surface area contributed by atoms with Crippen molar-refractivity contribution < 1.29 is 23.1 Å². The van der Waals surface area contributed by atoms with Gasteiger partial charge < -0.3 is 4.74 Å². The number of ether oxygens (including phenoxy) is 1. The van der Waals surface area contributed by atoms with Crippen LogP contribution in [0, 0.1) is 0 Å². The van der Waals surface area contributed by atoms with E-state index in [9.17, 15) is 18.4 Å². The highest BCUT2D eigenvalue weighted by Crippen LogP contribution is 2.20. The van der Waals surface area contributed by atoms with Gasteiger partial charge in [-0.3, -0.25) is 4.79 Å². The molecular formula is C16H20F2O3. The van der Waals surface area contributed by atoms with Gasteiger partial charge >= 0.3 is 5.97 Å². The predicted octanol–water partition coefficient (Wildman–Crippen LogP) is 3.90. The van der Waals surface area contributed by atoms with Crippen LogP contribution in [0.2, 0.25) is 0 Å². The summed E-state index contributed by atoms with van der Waals surface area (Å²) >= 11 is 0. The van der Waals surface area contributed by atoms with Crippen LogP contribution in [0.1, 0.15) is 44.6 Å². The predicted molar refractivity (Wildman–Crippen MR) is 75.0 cm³/mol. The Labute approximate surface area is 123 Å². The smallest absolute Gasteiger partial charge is 0.374 e. The van der Waals surface area contributed by atoms with Gasteiger partial charge in [0.05, 0.1) is 0 Å². The SMILES string of the molecule is CC(F)(F)CCCCCC(=O)C(=O)OCc1ccccc1. The van der Waals surface area contributed by atoms with Crippen LogP contribution in [0.3, 0.4) is 0 Å². The van der Waals surface area contributed by atoms with Gasteiger partial charge in [0.2, 0.25) is 11.7 Å². The highest BCUT2D eigenvalue weighted by molar-refractivity contribution is 6.33. The number of alkyl halides is 2. The van der Waals surface area contributed by atoms with Crippen molar-refractivity contribution in [2.75, 3.05) is 0 Å². The molecular weight excluding hydrogens is 278 g/mol. The monoisotopic (exact) mass is 298 g/mol. The number of rotatable bonds is 9. The summed E-state index contributed by atoms with van der Waals surface area (Å²) < 4.78 is 30.0. The molecule has 3 nitrogen and oxygen atoms in total. The Morgan fingerprint density at radius 3 is 2.38 bits per heavy atom. The highest BCUT2D eigenvalue weighted by Gasteiger charge is 2.20. The molecule has 0 aliphatic carbocycles. The van der Waals surface area contributed by atoms with Gasteiger partial charge in [-0.2, -0.15) is 0 Å². The molecule has 0 aliphatic rings. The van der Waals surface area contributed by atoms with Crippen LogP contribution >= 0.6 is 0 Å². The van der Waals surface area contributed by atoms with Crippen LogP contribution in [-0.2, 0) is 20.9 Å². The number of halogens is 2. The Morgan fingerprint density at radius 1 is 1.10 bits per heavy atom. The molecule has 0 saturated heterocycles. The number of esters is 1. The summed E-state index contributed by atoms with van der Waals surface area (Å²) in [5, 5.41) is 0. The molecule has 0 fully saturated rings. The molecule has 1 aromatic carbocycles. The fourth-order valence-corrected chi connectivity index (χ4v) is 1.80. The van der Waals surface area contributed by atoms with E-state index in [-0.39, 0.29) is 19.4 Å². The molecule has 1 aromatic rings. The number of carbonyl (C=O) groups excluding carboxylic acids is 2. The lowest BCUT2D eigenvalue weighted by Crippen LogP contribution is -2.17. The topological polar surface area (TPSA) is 43.4 Å². The second kappa shape index (κ2) is 8.49. The van der Waals surface area contributed by atoms with Gasteiger partial charge in [-0.25, -0.2) is 13.6 Å². The fourth-order valence-electron chi connectivity index (χ4n) is 1.80. The van der Waals surface area contributed by atoms with Crippen molar-refractivity contribution in [3.63, 3.8) is 0 Å². The first-order chi connectivity index (χ1) is 9.88. The van der Waals surface area contributed by atoms with E-state index in [1.807, 2.05) is 18.2 Å². The van der Waals surface area contributed by atoms with Gasteiger partial charge in [0.15, 0.2) is 0 Å². The lowest BCUT2D eigenvalue weighted by Gasteiger charge is -2.08. The van der Waals surface area contributed by atoms with Crippen LogP contribution < -0.4 is 0 Å². The lowest BCUT2D eigenvalue weighted by molar-refractivity contribution is -0.154. The number of carbonyl (C=O) groups is 2. The summed E-state index contributed by atoms with van der Waals surface area (Å²) in [5.41, 5.74) is 0.809. The molecule has 116 valence electrons. The number of ketones is 1. The Bertz CT molecular complexity index is 452. The lowest BCUT2D eigenvalue weighted by atomic mass is 10.1. The van der Waals surface area contributed by atoms with E-state index in [1.54, 1.807) is 12.1 Å². The third-order valence-corrected chi connectivity index (χ3v) is 2.96. The fraction of sp³-hybridized carbons (Fsp3) is 0.500. The minimum absolute atomic E-state index is 0.0446. The largest absolute Gasteiger partial charge is 0.455 e. The molecule has 0 aromatic heterocycles. The van der Waals surface area contributed by atoms with Crippen molar-refractivity contribution in [3.05, 3.63) is 35.9 Å². The van der Waals surface area contributed by atoms with Gasteiger partial charge in [0, 0.05) is 12.8 Å². The molecule has 0 N–H and O–H groups in total. The van der Waals surface area contributed by atoms with Crippen molar-refractivity contribution in [2.24, 2.45) is 0 Å². The molecule has 0 radical (unpaired) electrons. The second-order valence-electron chi connectivity index (χ2n) is 5.12. The number of benzene rings is 1. The summed E-state index contributed by atoms with van der Waals surface area (Å²) in [5.74, 6) is -4.13. The average molecular weight is 298 g/mol. The third-order valence-electron chi connectivity index (χ3n) is 2.96. The van der Waals surface area contributed by atoms with Gasteiger partial charge in [-0.1, -0.05) is 36.8 Å². The molecule has 0 unspecified atom stereocenters. The van der Waals surface area contributed by atoms with Gasteiger partial charge in [-0.15, -0.1) is 0 Å². The van der Waals surface area contributed by atoms with Gasteiger partial charge in [0.1, 0.15) is 6.61 Å². The first-order valence-electron chi connectivity index (χ1n) is 7.00. The number of Topliss-reactive ketones (excluding diaryl/α,β-unsaturated/α-hetero) is 1. The molecule has 0 amide bonds. The normalized spacial score (nSPS) is 11.2. The number of hydrogen-bond acceptors (Lipinski definition) is 3. The van der Waals surface area contributed by atoms with E-state index in [0.29, 0.717) is 19.3 Å². The molecule has 21 heavy (non-hydrogen) atoms. The van der Waals surface area contributed by atoms with Crippen LogP contribution in [-0.4, -0.2) is 17.7 Å². The molecule has 0 heterocycles. The summed E-state index contributed by atoms with van der Waals surface area (Å²) in [4.78, 5) is 22.9. The zero-order valence-corrected chi connectivity index (χ0v) is 12.1. The van der Waals surface area contributed by atoms with Crippen molar-refractivity contribution >= 4 is 11.8 Å². The molecule has 0 saturated carbocycles. The maximum atomic E-state index is 12.6. The molecule has 0 bridgehead atoms. The van der Waals surface area contributed by atoms with Crippen molar-refractivity contribution in [3.8, 4) is 0 Å². The summed E-state index contributed by atoms with van der Waals surface area (Å²) in [6.07, 6.45) is 1.12. The van der Waals surface area contributed by atoms with E-state index >= 15 is 0 Å². The Hall–Kier alpha value is -1.78. The minimum atomic E-state index is -2.67. The van der Waals surface area contributed by atoms with Crippen molar-refractivity contribution in [1.29, 1.82) is 0 Å². The van der Waals surface area contributed by atoms with Gasteiger partial charge in [-0.05, 0) is 25.3 Å². The van der Waals surface area contributed by atoms with E-state index < -0.39 is 17.7 Å². The van der Waals surface area contributed by atoms with Crippen molar-refractivity contribution in [1.82, 2.24) is 0 Å². The average Bonchev–Trinajstić information content (AvgIpc) is 2.44. The Morgan fingerprint density at radius 2 is 1.76 bits per heavy atom. The summed E-state index contributed by atoms with van der Waals surface area (Å²) in [7, 11) is 0. The molecule has 0 aliphatic heterocycles. The van der Waals surface area contributed by atoms with E-state index in [0.717, 1.165) is 12.5 Å². The third kappa shape index (κ3) is 8.17. The minimum Gasteiger partial charge on any atom is -0.455 e. The molecule has 0 atom stereocenters.